The molecule has 2 heterocycles. The lowest BCUT2D eigenvalue weighted by molar-refractivity contribution is -0.114. The Morgan fingerprint density at radius 3 is 2.75 bits per heavy atom. The number of hydrogen-bond acceptors (Lipinski definition) is 3. The van der Waals surface area contributed by atoms with Crippen molar-refractivity contribution in [3.05, 3.63) is 29.3 Å². The first kappa shape index (κ1) is 13.3. The highest BCUT2D eigenvalue weighted by Crippen LogP contribution is 2.31. The van der Waals surface area contributed by atoms with Crippen molar-refractivity contribution in [2.45, 2.75) is 45.3 Å². The van der Waals surface area contributed by atoms with Crippen LogP contribution in [0.3, 0.4) is 0 Å². The third-order valence-electron chi connectivity index (χ3n) is 4.15. The van der Waals surface area contributed by atoms with Gasteiger partial charge in [0.1, 0.15) is 0 Å². The fourth-order valence-electron chi connectivity index (χ4n) is 2.97. The van der Waals surface area contributed by atoms with Gasteiger partial charge >= 0.3 is 0 Å². The molecule has 20 heavy (non-hydrogen) atoms. The van der Waals surface area contributed by atoms with Crippen molar-refractivity contribution in [2.24, 2.45) is 0 Å². The van der Waals surface area contributed by atoms with E-state index in [9.17, 15) is 9.59 Å². The molecule has 4 heteroatoms. The van der Waals surface area contributed by atoms with Crippen LogP contribution < -0.4 is 4.90 Å². The number of ether oxygens (including phenoxy) is 1. The van der Waals surface area contributed by atoms with Crippen LogP contribution >= 0.6 is 0 Å². The average Bonchev–Trinajstić information content (AvgIpc) is 2.96. The number of fused-ring (bicyclic) bond motifs is 1. The summed E-state index contributed by atoms with van der Waals surface area (Å²) >= 11 is 0. The van der Waals surface area contributed by atoms with E-state index in [1.165, 1.54) is 0 Å². The minimum absolute atomic E-state index is 0.0403. The zero-order valence-corrected chi connectivity index (χ0v) is 11.9. The van der Waals surface area contributed by atoms with Gasteiger partial charge < -0.3 is 9.64 Å². The van der Waals surface area contributed by atoms with Crippen molar-refractivity contribution in [3.8, 4) is 0 Å². The third-order valence-corrected chi connectivity index (χ3v) is 4.15. The van der Waals surface area contributed by atoms with Crippen LogP contribution in [0, 0.1) is 0 Å². The van der Waals surface area contributed by atoms with Gasteiger partial charge in [-0.15, -0.1) is 0 Å². The van der Waals surface area contributed by atoms with Crippen LogP contribution in [-0.2, 0) is 16.0 Å². The summed E-state index contributed by atoms with van der Waals surface area (Å²) in [4.78, 5) is 25.8. The molecule has 1 aromatic carbocycles. The molecule has 1 fully saturated rings. The molecule has 2 atom stereocenters. The van der Waals surface area contributed by atoms with Gasteiger partial charge in [0.05, 0.1) is 30.0 Å². The summed E-state index contributed by atoms with van der Waals surface area (Å²) in [7, 11) is 0. The minimum atomic E-state index is -0.420. The van der Waals surface area contributed by atoms with Gasteiger partial charge in [-0.05, 0) is 43.9 Å². The lowest BCUT2D eigenvalue weighted by Gasteiger charge is -2.21. The van der Waals surface area contributed by atoms with E-state index < -0.39 is 5.91 Å². The first-order chi connectivity index (χ1) is 9.60. The number of Topliss-reactive ketones (excluding diaryl/α,β-unsaturated/α-hetero) is 1. The fraction of sp³-hybridized carbons (Fsp3) is 0.500. The fourth-order valence-corrected chi connectivity index (χ4v) is 2.97. The van der Waals surface area contributed by atoms with Gasteiger partial charge in [-0.3, -0.25) is 9.59 Å². The lowest BCUT2D eigenvalue weighted by atomic mass is 10.1. The van der Waals surface area contributed by atoms with Gasteiger partial charge in [-0.1, -0.05) is 13.0 Å². The molecule has 0 bridgehead atoms. The van der Waals surface area contributed by atoms with Gasteiger partial charge in [-0.25, -0.2) is 0 Å². The lowest BCUT2D eigenvalue weighted by Crippen LogP contribution is -2.36. The highest BCUT2D eigenvalue weighted by atomic mass is 16.5. The summed E-state index contributed by atoms with van der Waals surface area (Å²) < 4.78 is 5.76. The Hall–Kier alpha value is -1.68. The van der Waals surface area contributed by atoms with Crippen LogP contribution in [0.25, 0.3) is 0 Å². The van der Waals surface area contributed by atoms with Crippen LogP contribution in [0.15, 0.2) is 18.2 Å². The van der Waals surface area contributed by atoms with E-state index >= 15 is 0 Å². The van der Waals surface area contributed by atoms with E-state index in [4.69, 9.17) is 4.74 Å². The summed E-state index contributed by atoms with van der Waals surface area (Å²) in [6, 6.07) is 5.71. The van der Waals surface area contributed by atoms with Crippen molar-refractivity contribution in [1.29, 1.82) is 0 Å². The largest absolute Gasteiger partial charge is 0.373 e. The topological polar surface area (TPSA) is 46.6 Å². The molecule has 1 aromatic rings. The minimum Gasteiger partial charge on any atom is -0.373 e. The van der Waals surface area contributed by atoms with Crippen molar-refractivity contribution in [2.75, 3.05) is 11.4 Å². The Labute approximate surface area is 118 Å². The number of carbonyl (C=O) groups excluding carboxylic acids is 2. The molecule has 0 aromatic heterocycles. The number of anilines is 1. The standard InChI is InChI=1S/C16H19NO3/c1-3-11-5-7-14-13(8-11)15(18)16(19)17(14)9-12-6-4-10(2)20-12/h5,7-8,10,12H,3-4,6,9H2,1-2H3. The number of ketones is 1. The molecule has 2 unspecified atom stereocenters. The summed E-state index contributed by atoms with van der Waals surface area (Å²) in [6.07, 6.45) is 3.11. The summed E-state index contributed by atoms with van der Waals surface area (Å²) in [6.45, 7) is 4.56. The Morgan fingerprint density at radius 1 is 1.30 bits per heavy atom. The Balaban J connectivity index is 1.86. The number of hydrogen-bond donors (Lipinski definition) is 0. The summed E-state index contributed by atoms with van der Waals surface area (Å²) in [5.41, 5.74) is 2.36. The molecule has 0 N–H and O–H groups in total. The van der Waals surface area contributed by atoms with E-state index in [0.717, 1.165) is 30.5 Å². The zero-order valence-electron chi connectivity index (χ0n) is 11.9. The second-order valence-electron chi connectivity index (χ2n) is 5.60. The molecule has 106 valence electrons. The van der Waals surface area contributed by atoms with Crippen molar-refractivity contribution < 1.29 is 14.3 Å². The molecular weight excluding hydrogens is 254 g/mol. The molecule has 1 saturated heterocycles. The Kier molecular flexibility index (Phi) is 3.34. The van der Waals surface area contributed by atoms with E-state index in [1.807, 2.05) is 32.0 Å². The molecular formula is C16H19NO3. The van der Waals surface area contributed by atoms with Gasteiger partial charge in [0.2, 0.25) is 0 Å². The SMILES string of the molecule is CCc1ccc2c(c1)C(=O)C(=O)N2CC1CCC(C)O1. The molecule has 3 rings (SSSR count). The predicted molar refractivity (Wildman–Crippen MR) is 76.1 cm³/mol. The van der Waals surface area contributed by atoms with Crippen LogP contribution in [-0.4, -0.2) is 30.4 Å². The molecule has 0 radical (unpaired) electrons. The van der Waals surface area contributed by atoms with Gasteiger partial charge in [0.15, 0.2) is 0 Å². The normalized spacial score (nSPS) is 25.4. The number of carbonyl (C=O) groups is 2. The Bertz CT molecular complexity index is 567. The molecule has 4 nitrogen and oxygen atoms in total. The second kappa shape index (κ2) is 5.02. The molecule has 2 aliphatic rings. The number of amides is 1. The molecule has 0 spiro atoms. The van der Waals surface area contributed by atoms with Gasteiger partial charge in [0.25, 0.3) is 11.7 Å². The van der Waals surface area contributed by atoms with E-state index in [0.29, 0.717) is 12.1 Å². The highest BCUT2D eigenvalue weighted by Gasteiger charge is 2.38. The third kappa shape index (κ3) is 2.14. The monoisotopic (exact) mass is 273 g/mol. The van der Waals surface area contributed by atoms with Crippen molar-refractivity contribution >= 4 is 17.4 Å². The molecule has 1 amide bonds. The number of benzene rings is 1. The summed E-state index contributed by atoms with van der Waals surface area (Å²) in [5.74, 6) is -0.808. The first-order valence-corrected chi connectivity index (χ1v) is 7.24. The smallest absolute Gasteiger partial charge is 0.299 e. The van der Waals surface area contributed by atoms with Crippen LogP contribution in [0.2, 0.25) is 0 Å². The van der Waals surface area contributed by atoms with Gasteiger partial charge in [-0.2, -0.15) is 0 Å². The first-order valence-electron chi connectivity index (χ1n) is 7.24. The average molecular weight is 273 g/mol. The maximum absolute atomic E-state index is 12.2. The molecule has 0 saturated carbocycles. The van der Waals surface area contributed by atoms with E-state index in [2.05, 4.69) is 0 Å². The van der Waals surface area contributed by atoms with Gasteiger partial charge in [0, 0.05) is 0 Å². The highest BCUT2D eigenvalue weighted by molar-refractivity contribution is 6.52. The predicted octanol–water partition coefficient (Wildman–Crippen LogP) is 2.35. The zero-order chi connectivity index (χ0) is 14.3. The molecule has 0 aliphatic carbocycles. The molecule has 2 aliphatic heterocycles. The van der Waals surface area contributed by atoms with Crippen molar-refractivity contribution in [3.63, 3.8) is 0 Å². The maximum atomic E-state index is 12.2. The summed E-state index contributed by atoms with van der Waals surface area (Å²) in [5, 5.41) is 0. The van der Waals surface area contributed by atoms with Crippen LogP contribution in [0.4, 0.5) is 5.69 Å². The van der Waals surface area contributed by atoms with Crippen LogP contribution in [0.5, 0.6) is 0 Å². The number of aryl methyl sites for hydroxylation is 1. The number of nitrogens with zero attached hydrogens (tertiary/aromatic N) is 1. The van der Waals surface area contributed by atoms with E-state index in [1.54, 1.807) is 4.90 Å². The van der Waals surface area contributed by atoms with Crippen molar-refractivity contribution in [1.82, 2.24) is 0 Å². The van der Waals surface area contributed by atoms with E-state index in [-0.39, 0.29) is 18.0 Å². The second-order valence-corrected chi connectivity index (χ2v) is 5.60. The quantitative estimate of drug-likeness (QED) is 0.794. The number of rotatable bonds is 3. The maximum Gasteiger partial charge on any atom is 0.299 e. The Morgan fingerprint density at radius 2 is 2.10 bits per heavy atom. The van der Waals surface area contributed by atoms with Crippen LogP contribution in [0.1, 0.15) is 42.6 Å².